The van der Waals surface area contributed by atoms with E-state index in [-0.39, 0.29) is 12.4 Å². The van der Waals surface area contributed by atoms with Gasteiger partial charge in [-0.2, -0.15) is 8.42 Å². The van der Waals surface area contributed by atoms with Gasteiger partial charge in [0.25, 0.3) is 10.1 Å². The Morgan fingerprint density at radius 1 is 1.31 bits per heavy atom. The Kier molecular flexibility index (Phi) is 1.92. The number of carbonyl (C=O) groups excluding carboxylic acids is 1. The molecule has 0 aliphatic carbocycles. The maximum Gasteiger partial charge on any atom is 0.508 e. The Labute approximate surface area is 74.9 Å². The van der Waals surface area contributed by atoms with E-state index in [9.17, 15) is 13.2 Å². The Bertz CT molecular complexity index is 320. The van der Waals surface area contributed by atoms with E-state index in [1.54, 1.807) is 0 Å². The highest BCUT2D eigenvalue weighted by atomic mass is 32.2. The summed E-state index contributed by atoms with van der Waals surface area (Å²) in [5, 5.41) is 0. The molecule has 0 amide bonds. The van der Waals surface area contributed by atoms with Crippen LogP contribution in [0.2, 0.25) is 0 Å². The van der Waals surface area contributed by atoms with Crippen LogP contribution in [0.4, 0.5) is 4.79 Å². The number of hydrogen-bond donors (Lipinski definition) is 0. The molecule has 0 aromatic carbocycles. The molecule has 6 nitrogen and oxygen atoms in total. The predicted octanol–water partition coefficient (Wildman–Crippen LogP) is -0.359. The maximum absolute atomic E-state index is 10.9. The minimum Gasteiger partial charge on any atom is -0.430 e. The number of cyclic esters (lactones) is 2. The van der Waals surface area contributed by atoms with Gasteiger partial charge in [0.1, 0.15) is 12.7 Å². The summed E-state index contributed by atoms with van der Waals surface area (Å²) in [6.07, 6.45) is -1.57. The summed E-state index contributed by atoms with van der Waals surface area (Å²) >= 11 is 0. The molecule has 0 bridgehead atoms. The van der Waals surface area contributed by atoms with Crippen molar-refractivity contribution in [1.29, 1.82) is 0 Å². The van der Waals surface area contributed by atoms with Crippen molar-refractivity contribution in [3.63, 3.8) is 0 Å². The monoisotopic (exact) mass is 208 g/mol. The average molecular weight is 208 g/mol. The van der Waals surface area contributed by atoms with E-state index in [0.29, 0.717) is 6.42 Å². The number of carbonyl (C=O) groups is 1. The Morgan fingerprint density at radius 3 is 2.54 bits per heavy atom. The molecule has 0 saturated carbocycles. The molecule has 0 N–H and O–H groups in total. The van der Waals surface area contributed by atoms with E-state index in [4.69, 9.17) is 4.18 Å². The molecule has 0 radical (unpaired) electrons. The van der Waals surface area contributed by atoms with Gasteiger partial charge in [0.15, 0.2) is 6.10 Å². The minimum absolute atomic E-state index is 0.0221. The number of rotatable bonds is 1. The van der Waals surface area contributed by atoms with Gasteiger partial charge in [0.05, 0.1) is 5.75 Å². The first-order valence-corrected chi connectivity index (χ1v) is 5.39. The lowest BCUT2D eigenvalue weighted by atomic mass is 10.2. The van der Waals surface area contributed by atoms with Crippen LogP contribution < -0.4 is 0 Å². The first-order chi connectivity index (χ1) is 6.07. The van der Waals surface area contributed by atoms with E-state index in [1.165, 1.54) is 0 Å². The maximum atomic E-state index is 10.9. The number of hydrogen-bond acceptors (Lipinski definition) is 6. The van der Waals surface area contributed by atoms with Crippen molar-refractivity contribution in [1.82, 2.24) is 0 Å². The van der Waals surface area contributed by atoms with Crippen molar-refractivity contribution in [2.45, 2.75) is 18.6 Å². The molecular formula is C6H8O6S. The van der Waals surface area contributed by atoms with Gasteiger partial charge in [-0.15, -0.1) is 0 Å². The van der Waals surface area contributed by atoms with Gasteiger partial charge in [-0.05, 0) is 6.42 Å². The highest BCUT2D eigenvalue weighted by Crippen LogP contribution is 2.23. The molecule has 2 aliphatic heterocycles. The lowest BCUT2D eigenvalue weighted by Crippen LogP contribution is -2.27. The van der Waals surface area contributed by atoms with Crippen molar-refractivity contribution in [2.24, 2.45) is 0 Å². The molecule has 2 saturated heterocycles. The summed E-state index contributed by atoms with van der Waals surface area (Å²) in [4.78, 5) is 10.5. The second-order valence-corrected chi connectivity index (χ2v) is 4.62. The van der Waals surface area contributed by atoms with Gasteiger partial charge in [0, 0.05) is 0 Å². The molecule has 2 fully saturated rings. The van der Waals surface area contributed by atoms with Gasteiger partial charge in [-0.1, -0.05) is 0 Å². The van der Waals surface area contributed by atoms with E-state index in [0.717, 1.165) is 0 Å². The first-order valence-electron chi connectivity index (χ1n) is 3.81. The standard InChI is InChI=1S/C6H8O6S/c7-6-10-3-5(11-6)4-1-2-13(8,9)12-4/h4-5H,1-3H2. The van der Waals surface area contributed by atoms with Crippen LogP contribution in [0.25, 0.3) is 0 Å². The highest BCUT2D eigenvalue weighted by molar-refractivity contribution is 7.86. The van der Waals surface area contributed by atoms with Crippen LogP contribution in [-0.4, -0.2) is 39.1 Å². The van der Waals surface area contributed by atoms with E-state index in [2.05, 4.69) is 9.47 Å². The molecule has 2 unspecified atom stereocenters. The van der Waals surface area contributed by atoms with Crippen molar-refractivity contribution >= 4 is 16.3 Å². The van der Waals surface area contributed by atoms with Crippen molar-refractivity contribution in [3.05, 3.63) is 0 Å². The van der Waals surface area contributed by atoms with Crippen LogP contribution in [-0.2, 0) is 23.8 Å². The van der Waals surface area contributed by atoms with Gasteiger partial charge in [0.2, 0.25) is 0 Å². The van der Waals surface area contributed by atoms with Crippen LogP contribution in [0.5, 0.6) is 0 Å². The van der Waals surface area contributed by atoms with Gasteiger partial charge in [-0.3, -0.25) is 4.18 Å². The molecule has 74 valence electrons. The quantitative estimate of drug-likeness (QED) is 0.432. The molecule has 13 heavy (non-hydrogen) atoms. The minimum atomic E-state index is -3.40. The second-order valence-electron chi connectivity index (χ2n) is 2.90. The van der Waals surface area contributed by atoms with Crippen LogP contribution in [0.3, 0.4) is 0 Å². The molecule has 0 aromatic rings. The third-order valence-corrected chi connectivity index (χ3v) is 3.23. The summed E-state index contributed by atoms with van der Waals surface area (Å²) < 4.78 is 35.6. The van der Waals surface area contributed by atoms with E-state index >= 15 is 0 Å². The highest BCUT2D eigenvalue weighted by Gasteiger charge is 2.40. The summed E-state index contributed by atoms with van der Waals surface area (Å²) in [6, 6.07) is 0. The normalized spacial score (nSPS) is 37.1. The fourth-order valence-electron chi connectivity index (χ4n) is 1.32. The zero-order chi connectivity index (χ0) is 9.47. The lowest BCUT2D eigenvalue weighted by Gasteiger charge is -2.11. The SMILES string of the molecule is O=C1OCC(C2CCS(=O)(=O)O2)O1. The van der Waals surface area contributed by atoms with E-state index < -0.39 is 28.5 Å². The molecule has 7 heteroatoms. The summed E-state index contributed by atoms with van der Waals surface area (Å²) in [5.74, 6) is -0.0221. The van der Waals surface area contributed by atoms with Crippen molar-refractivity contribution in [3.8, 4) is 0 Å². The zero-order valence-corrected chi connectivity index (χ0v) is 7.45. The Hall–Kier alpha value is -0.820. The predicted molar refractivity (Wildman–Crippen MR) is 39.5 cm³/mol. The summed E-state index contributed by atoms with van der Waals surface area (Å²) in [7, 11) is -3.40. The smallest absolute Gasteiger partial charge is 0.430 e. The van der Waals surface area contributed by atoms with Crippen LogP contribution in [0.15, 0.2) is 0 Å². The van der Waals surface area contributed by atoms with Gasteiger partial charge < -0.3 is 9.47 Å². The van der Waals surface area contributed by atoms with E-state index in [1.807, 2.05) is 0 Å². The van der Waals surface area contributed by atoms with Crippen molar-refractivity contribution < 1.29 is 26.9 Å². The molecule has 2 heterocycles. The second kappa shape index (κ2) is 2.85. The van der Waals surface area contributed by atoms with Crippen molar-refractivity contribution in [2.75, 3.05) is 12.4 Å². The molecule has 2 aliphatic rings. The third-order valence-electron chi connectivity index (χ3n) is 1.95. The third kappa shape index (κ3) is 1.75. The van der Waals surface area contributed by atoms with Gasteiger partial charge in [-0.25, -0.2) is 4.79 Å². The first kappa shape index (κ1) is 8.76. The molecule has 0 aromatic heterocycles. The fraction of sp³-hybridized carbons (Fsp3) is 0.833. The fourth-order valence-corrected chi connectivity index (χ4v) is 2.53. The Morgan fingerprint density at radius 2 is 2.08 bits per heavy atom. The summed E-state index contributed by atoms with van der Waals surface area (Å²) in [6.45, 7) is 0.0685. The number of ether oxygens (including phenoxy) is 2. The molecule has 2 atom stereocenters. The van der Waals surface area contributed by atoms with Crippen LogP contribution >= 0.6 is 0 Å². The van der Waals surface area contributed by atoms with Crippen LogP contribution in [0, 0.1) is 0 Å². The van der Waals surface area contributed by atoms with Gasteiger partial charge >= 0.3 is 6.16 Å². The molecule has 2 rings (SSSR count). The van der Waals surface area contributed by atoms with Crippen LogP contribution in [0.1, 0.15) is 6.42 Å². The zero-order valence-electron chi connectivity index (χ0n) is 6.63. The average Bonchev–Trinajstić information content (AvgIpc) is 2.56. The lowest BCUT2D eigenvalue weighted by molar-refractivity contribution is 0.0607. The Balaban J connectivity index is 2.00. The largest absolute Gasteiger partial charge is 0.508 e. The molecule has 0 spiro atoms. The molecular weight excluding hydrogens is 200 g/mol. The summed E-state index contributed by atoms with van der Waals surface area (Å²) in [5.41, 5.74) is 0. The topological polar surface area (TPSA) is 78.9 Å².